The average Bonchev–Trinajstić information content (AvgIpc) is 2.37. The van der Waals surface area contributed by atoms with E-state index in [-0.39, 0.29) is 23.4 Å². The van der Waals surface area contributed by atoms with Crippen LogP contribution in [0.3, 0.4) is 0 Å². The summed E-state index contributed by atoms with van der Waals surface area (Å²) in [7, 11) is 0. The number of allylic oxidation sites excluding steroid dienone is 1. The number of carbonyl (C=O) groups is 1. The fourth-order valence-electron chi connectivity index (χ4n) is 3.17. The third kappa shape index (κ3) is 1.59. The number of hydrogen-bond acceptors (Lipinski definition) is 2. The van der Waals surface area contributed by atoms with E-state index < -0.39 is 5.97 Å². The molecule has 0 aromatic carbocycles. The summed E-state index contributed by atoms with van der Waals surface area (Å²) >= 11 is 0. The van der Waals surface area contributed by atoms with Crippen molar-refractivity contribution in [2.45, 2.75) is 39.2 Å². The first-order valence-electron chi connectivity index (χ1n) is 5.55. The zero-order valence-corrected chi connectivity index (χ0v) is 9.23. The predicted octanol–water partition coefficient (Wildman–Crippen LogP) is 1.81. The molecular formula is C12H18O3. The molecule has 1 saturated carbocycles. The van der Waals surface area contributed by atoms with Gasteiger partial charge in [0.05, 0.1) is 6.10 Å². The number of fused-ring (bicyclic) bond motifs is 1. The van der Waals surface area contributed by atoms with Gasteiger partial charge >= 0.3 is 5.97 Å². The Morgan fingerprint density at radius 1 is 1.53 bits per heavy atom. The molecule has 0 radical (unpaired) electrons. The largest absolute Gasteiger partial charge is 0.478 e. The van der Waals surface area contributed by atoms with E-state index in [0.29, 0.717) is 5.57 Å². The van der Waals surface area contributed by atoms with Gasteiger partial charge in [0, 0.05) is 5.57 Å². The molecule has 2 N–H and O–H groups in total. The SMILES string of the molecule is CC1(C)C[C@H]2C(C(=O)O)=CCC[C@H]2[C@H]1O. The summed E-state index contributed by atoms with van der Waals surface area (Å²) in [6.07, 6.45) is 3.97. The Hall–Kier alpha value is -0.830. The first-order chi connectivity index (χ1) is 6.93. The van der Waals surface area contributed by atoms with E-state index in [4.69, 9.17) is 5.11 Å². The van der Waals surface area contributed by atoms with Crippen LogP contribution in [0.2, 0.25) is 0 Å². The number of aliphatic hydroxyl groups is 1. The Bertz CT molecular complexity index is 317. The van der Waals surface area contributed by atoms with Crippen molar-refractivity contribution >= 4 is 5.97 Å². The Morgan fingerprint density at radius 2 is 2.20 bits per heavy atom. The molecule has 15 heavy (non-hydrogen) atoms. The molecule has 0 unspecified atom stereocenters. The lowest BCUT2D eigenvalue weighted by Gasteiger charge is -2.27. The summed E-state index contributed by atoms with van der Waals surface area (Å²) in [5.41, 5.74) is 0.379. The van der Waals surface area contributed by atoms with Crippen LogP contribution in [0.1, 0.15) is 33.1 Å². The molecule has 84 valence electrons. The second-order valence-corrected chi connectivity index (χ2v) is 5.45. The van der Waals surface area contributed by atoms with Crippen molar-refractivity contribution in [2.75, 3.05) is 0 Å². The molecule has 2 aliphatic rings. The highest BCUT2D eigenvalue weighted by atomic mass is 16.4. The number of rotatable bonds is 1. The van der Waals surface area contributed by atoms with Gasteiger partial charge < -0.3 is 10.2 Å². The van der Waals surface area contributed by atoms with Crippen LogP contribution in [0.15, 0.2) is 11.6 Å². The van der Waals surface area contributed by atoms with Crippen LogP contribution in [0.5, 0.6) is 0 Å². The second kappa shape index (κ2) is 3.34. The van der Waals surface area contributed by atoms with Crippen LogP contribution in [0.25, 0.3) is 0 Å². The van der Waals surface area contributed by atoms with Crippen molar-refractivity contribution in [3.05, 3.63) is 11.6 Å². The maximum absolute atomic E-state index is 11.1. The van der Waals surface area contributed by atoms with Crippen molar-refractivity contribution in [3.8, 4) is 0 Å². The Morgan fingerprint density at radius 3 is 2.80 bits per heavy atom. The standard InChI is InChI=1S/C12H18O3/c1-12(2)6-9-7(10(12)13)4-3-5-8(9)11(14)15/h5,7,9-10,13H,3-4,6H2,1-2H3,(H,14,15)/t7-,9-,10-/m1/s1. The average molecular weight is 210 g/mol. The van der Waals surface area contributed by atoms with Gasteiger partial charge in [0.2, 0.25) is 0 Å². The van der Waals surface area contributed by atoms with Gasteiger partial charge in [0.1, 0.15) is 0 Å². The lowest BCUT2D eigenvalue weighted by Crippen LogP contribution is -2.30. The van der Waals surface area contributed by atoms with Gasteiger partial charge in [-0.05, 0) is 36.5 Å². The molecular weight excluding hydrogens is 192 g/mol. The maximum Gasteiger partial charge on any atom is 0.331 e. The fourth-order valence-corrected chi connectivity index (χ4v) is 3.17. The highest BCUT2D eigenvalue weighted by Crippen LogP contribution is 2.51. The number of aliphatic carboxylic acids is 1. The van der Waals surface area contributed by atoms with Gasteiger partial charge in [-0.25, -0.2) is 4.79 Å². The highest BCUT2D eigenvalue weighted by Gasteiger charge is 2.50. The summed E-state index contributed by atoms with van der Waals surface area (Å²) in [5.74, 6) is -0.605. The molecule has 3 atom stereocenters. The second-order valence-electron chi connectivity index (χ2n) is 5.45. The Kier molecular flexibility index (Phi) is 2.38. The predicted molar refractivity (Wildman–Crippen MR) is 56.3 cm³/mol. The maximum atomic E-state index is 11.1. The van der Waals surface area contributed by atoms with Crippen LogP contribution in [0.4, 0.5) is 0 Å². The van der Waals surface area contributed by atoms with Crippen LogP contribution in [0, 0.1) is 17.3 Å². The minimum atomic E-state index is -0.811. The quantitative estimate of drug-likeness (QED) is 0.694. The summed E-state index contributed by atoms with van der Waals surface area (Å²) in [5, 5.41) is 19.2. The van der Waals surface area contributed by atoms with E-state index in [1.165, 1.54) is 0 Å². The number of hydrogen-bond donors (Lipinski definition) is 2. The van der Waals surface area contributed by atoms with Gasteiger partial charge in [-0.3, -0.25) is 0 Å². The van der Waals surface area contributed by atoms with Crippen LogP contribution >= 0.6 is 0 Å². The van der Waals surface area contributed by atoms with Crippen molar-refractivity contribution in [2.24, 2.45) is 17.3 Å². The van der Waals surface area contributed by atoms with Crippen molar-refractivity contribution < 1.29 is 15.0 Å². The molecule has 0 spiro atoms. The summed E-state index contributed by atoms with van der Waals surface area (Å²) < 4.78 is 0. The monoisotopic (exact) mass is 210 g/mol. The molecule has 0 bridgehead atoms. The third-order valence-corrected chi connectivity index (χ3v) is 3.98. The van der Waals surface area contributed by atoms with E-state index in [9.17, 15) is 9.90 Å². The number of carboxylic acids is 1. The zero-order chi connectivity index (χ0) is 11.2. The molecule has 1 fully saturated rings. The van der Waals surface area contributed by atoms with Gasteiger partial charge in [0.15, 0.2) is 0 Å². The van der Waals surface area contributed by atoms with Gasteiger partial charge in [-0.1, -0.05) is 19.9 Å². The molecule has 0 aromatic rings. The Balaban J connectivity index is 2.30. The van der Waals surface area contributed by atoms with E-state index in [0.717, 1.165) is 19.3 Å². The number of aliphatic hydroxyl groups excluding tert-OH is 1. The van der Waals surface area contributed by atoms with E-state index in [2.05, 4.69) is 0 Å². The normalized spacial score (nSPS) is 38.3. The zero-order valence-electron chi connectivity index (χ0n) is 9.23. The molecule has 3 nitrogen and oxygen atoms in total. The molecule has 0 aliphatic heterocycles. The van der Waals surface area contributed by atoms with E-state index in [1.807, 2.05) is 19.9 Å². The fraction of sp³-hybridized carbons (Fsp3) is 0.750. The lowest BCUT2D eigenvalue weighted by molar-refractivity contribution is -0.133. The summed E-state index contributed by atoms with van der Waals surface area (Å²) in [6, 6.07) is 0. The van der Waals surface area contributed by atoms with Crippen LogP contribution in [-0.4, -0.2) is 22.3 Å². The van der Waals surface area contributed by atoms with Crippen molar-refractivity contribution in [3.63, 3.8) is 0 Å². The lowest BCUT2D eigenvalue weighted by atomic mass is 9.80. The molecule has 0 aromatic heterocycles. The molecule has 2 aliphatic carbocycles. The van der Waals surface area contributed by atoms with Crippen molar-refractivity contribution in [1.82, 2.24) is 0 Å². The third-order valence-electron chi connectivity index (χ3n) is 3.98. The van der Waals surface area contributed by atoms with Gasteiger partial charge in [-0.15, -0.1) is 0 Å². The highest BCUT2D eigenvalue weighted by molar-refractivity contribution is 5.87. The molecule has 0 amide bonds. The molecule has 0 heterocycles. The molecule has 0 saturated heterocycles. The summed E-state index contributed by atoms with van der Waals surface area (Å²) in [6.45, 7) is 4.05. The molecule has 2 rings (SSSR count). The number of carboxylic acid groups (broad SMARTS) is 1. The van der Waals surface area contributed by atoms with Crippen LogP contribution in [-0.2, 0) is 4.79 Å². The molecule has 3 heteroatoms. The van der Waals surface area contributed by atoms with Crippen molar-refractivity contribution in [1.29, 1.82) is 0 Å². The van der Waals surface area contributed by atoms with Gasteiger partial charge in [-0.2, -0.15) is 0 Å². The minimum absolute atomic E-state index is 0.0567. The van der Waals surface area contributed by atoms with Crippen LogP contribution < -0.4 is 0 Å². The smallest absolute Gasteiger partial charge is 0.331 e. The van der Waals surface area contributed by atoms with E-state index >= 15 is 0 Å². The topological polar surface area (TPSA) is 57.5 Å². The van der Waals surface area contributed by atoms with E-state index in [1.54, 1.807) is 0 Å². The van der Waals surface area contributed by atoms with Gasteiger partial charge in [0.25, 0.3) is 0 Å². The first kappa shape index (κ1) is 10.7. The first-order valence-corrected chi connectivity index (χ1v) is 5.55. The minimum Gasteiger partial charge on any atom is -0.478 e. The Labute approximate surface area is 89.8 Å². The summed E-state index contributed by atoms with van der Waals surface area (Å²) in [4.78, 5) is 11.1.